The fraction of sp³-hybridized carbons (Fsp3) is 0.0800. The van der Waals surface area contributed by atoms with Crippen LogP contribution in [0.3, 0.4) is 0 Å². The number of para-hydroxylation sites is 2. The van der Waals surface area contributed by atoms with Crippen LogP contribution in [0, 0.1) is 0 Å². The van der Waals surface area contributed by atoms with Gasteiger partial charge in [-0.3, -0.25) is 24.6 Å². The Hall–Kier alpha value is -4.99. The summed E-state index contributed by atoms with van der Waals surface area (Å²) < 4.78 is 0. The number of aromatic amines is 2. The third-order valence-corrected chi connectivity index (χ3v) is 5.80. The highest BCUT2D eigenvalue weighted by molar-refractivity contribution is 6.51. The number of carbonyl (C=O) groups is 2. The molecule has 0 fully saturated rings. The van der Waals surface area contributed by atoms with Crippen molar-refractivity contribution in [3.8, 4) is 17.0 Å². The van der Waals surface area contributed by atoms with E-state index in [-0.39, 0.29) is 33.5 Å². The van der Waals surface area contributed by atoms with Crippen molar-refractivity contribution >= 4 is 35.0 Å². The maximum absolute atomic E-state index is 13.4. The third-order valence-electron chi connectivity index (χ3n) is 5.80. The molecule has 0 saturated heterocycles. The minimum absolute atomic E-state index is 0.0224. The number of carbonyl (C=O) groups excluding carboxylic acids is 2. The smallest absolute Gasteiger partial charge is 0.271 e. The van der Waals surface area contributed by atoms with Gasteiger partial charge in [0.05, 0.1) is 21.9 Å². The van der Waals surface area contributed by atoms with Crippen molar-refractivity contribution in [3.63, 3.8) is 0 Å². The SMILES string of the molecule is CCN1C(=O)/C(=c2/[nH][nH]c(=O)/c2=C\c2cnc(N)nc2-c2ccccc2O)C(=O)c2ccccc21. The number of nitrogen functional groups attached to an aromatic ring is 1. The normalized spacial score (nSPS) is 15.5. The van der Waals surface area contributed by atoms with Crippen LogP contribution in [0.5, 0.6) is 5.75 Å². The van der Waals surface area contributed by atoms with Crippen molar-refractivity contribution in [1.29, 1.82) is 0 Å². The zero-order chi connectivity index (χ0) is 24.7. The van der Waals surface area contributed by atoms with Crippen LogP contribution in [-0.4, -0.2) is 43.5 Å². The number of nitrogens with one attached hydrogen (secondary N) is 2. The number of aromatic hydroxyl groups is 1. The van der Waals surface area contributed by atoms with Gasteiger partial charge in [-0.1, -0.05) is 24.3 Å². The van der Waals surface area contributed by atoms with Gasteiger partial charge in [-0.05, 0) is 37.3 Å². The zero-order valence-corrected chi connectivity index (χ0v) is 18.6. The molecule has 5 N–H and O–H groups in total. The second-order valence-electron chi connectivity index (χ2n) is 7.83. The van der Waals surface area contributed by atoms with Gasteiger partial charge in [-0.15, -0.1) is 0 Å². The van der Waals surface area contributed by atoms with E-state index in [0.717, 1.165) is 0 Å². The monoisotopic (exact) mass is 468 g/mol. The largest absolute Gasteiger partial charge is 0.507 e. The van der Waals surface area contributed by atoms with Crippen LogP contribution in [0.1, 0.15) is 22.8 Å². The van der Waals surface area contributed by atoms with Gasteiger partial charge in [0.25, 0.3) is 11.5 Å². The van der Waals surface area contributed by atoms with E-state index < -0.39 is 17.2 Å². The van der Waals surface area contributed by atoms with Crippen LogP contribution in [0.2, 0.25) is 0 Å². The number of H-pyrrole nitrogens is 2. The minimum Gasteiger partial charge on any atom is -0.507 e. The summed E-state index contributed by atoms with van der Waals surface area (Å²) in [4.78, 5) is 49.3. The van der Waals surface area contributed by atoms with Crippen LogP contribution in [0.15, 0.2) is 59.5 Å². The first-order chi connectivity index (χ1) is 16.9. The average molecular weight is 468 g/mol. The van der Waals surface area contributed by atoms with Crippen LogP contribution in [-0.2, 0) is 4.79 Å². The van der Waals surface area contributed by atoms with Gasteiger partial charge in [0.1, 0.15) is 11.3 Å². The average Bonchev–Trinajstić information content (AvgIpc) is 3.20. The maximum Gasteiger partial charge on any atom is 0.271 e. The Labute approximate surface area is 198 Å². The van der Waals surface area contributed by atoms with Gasteiger partial charge >= 0.3 is 0 Å². The number of phenolic OH excluding ortho intramolecular Hbond substituents is 1. The molecule has 3 heterocycles. The summed E-state index contributed by atoms with van der Waals surface area (Å²) in [5.74, 6) is -1.07. The summed E-state index contributed by atoms with van der Waals surface area (Å²) in [6, 6.07) is 13.4. The Bertz CT molecular complexity index is 1680. The number of nitrogens with zero attached hydrogens (tertiary/aromatic N) is 3. The molecule has 5 rings (SSSR count). The second-order valence-corrected chi connectivity index (χ2v) is 7.83. The van der Waals surface area contributed by atoms with E-state index in [0.29, 0.717) is 28.9 Å². The predicted octanol–water partition coefficient (Wildman–Crippen LogP) is 0.677. The third kappa shape index (κ3) is 3.57. The Morgan fingerprint density at radius 1 is 1.03 bits per heavy atom. The number of fused-ring (bicyclic) bond motifs is 1. The van der Waals surface area contributed by atoms with Crippen molar-refractivity contribution in [2.75, 3.05) is 17.2 Å². The second kappa shape index (κ2) is 8.41. The molecular formula is C25H20N6O4. The van der Waals surface area contributed by atoms with E-state index in [1.165, 1.54) is 23.2 Å². The molecule has 10 nitrogen and oxygen atoms in total. The lowest BCUT2D eigenvalue weighted by molar-refractivity contribution is -0.113. The van der Waals surface area contributed by atoms with E-state index in [1.54, 1.807) is 49.4 Å². The van der Waals surface area contributed by atoms with Crippen LogP contribution < -0.4 is 26.8 Å². The van der Waals surface area contributed by atoms with Crippen molar-refractivity contribution < 1.29 is 14.7 Å². The van der Waals surface area contributed by atoms with E-state index in [9.17, 15) is 19.5 Å². The van der Waals surface area contributed by atoms with Crippen molar-refractivity contribution in [1.82, 2.24) is 20.2 Å². The number of hydrogen-bond acceptors (Lipinski definition) is 7. The highest BCUT2D eigenvalue weighted by atomic mass is 16.3. The Balaban J connectivity index is 1.82. The Morgan fingerprint density at radius 2 is 1.74 bits per heavy atom. The van der Waals surface area contributed by atoms with E-state index in [4.69, 9.17) is 5.73 Å². The number of ketones is 1. The summed E-state index contributed by atoms with van der Waals surface area (Å²) in [5.41, 5.74) is 6.99. The minimum atomic E-state index is -0.546. The topological polar surface area (TPSA) is 158 Å². The molecule has 0 saturated carbocycles. The standard InChI is InChI=1S/C25H20N6O4/c1-2-31-17-9-5-3-7-14(17)22(33)19(24(31)35)21-16(23(34)30-29-21)11-13-12-27-25(26)28-20(13)15-8-4-6-10-18(15)32/h3-12,29,32H,2H2,1H3,(H,30,34)(H2,26,27,28)/b16-11-,21-19+. The van der Waals surface area contributed by atoms with Crippen molar-refractivity contribution in [2.24, 2.45) is 0 Å². The van der Waals surface area contributed by atoms with Gasteiger partial charge in [0.15, 0.2) is 0 Å². The quantitative estimate of drug-likeness (QED) is 0.344. The number of Topliss-reactive ketones (excluding diaryl/α,β-unsaturated/α-hetero) is 1. The maximum atomic E-state index is 13.4. The summed E-state index contributed by atoms with van der Waals surface area (Å²) in [6.07, 6.45) is 2.86. The summed E-state index contributed by atoms with van der Waals surface area (Å²) in [5, 5.41) is 15.6. The lowest BCUT2D eigenvalue weighted by atomic mass is 9.94. The number of phenols is 1. The van der Waals surface area contributed by atoms with Crippen molar-refractivity contribution in [3.05, 3.63) is 86.8 Å². The Morgan fingerprint density at radius 3 is 2.49 bits per heavy atom. The Kier molecular flexibility index (Phi) is 5.25. The van der Waals surface area contributed by atoms with Gasteiger partial charge < -0.3 is 15.7 Å². The van der Waals surface area contributed by atoms with E-state index in [2.05, 4.69) is 20.2 Å². The molecule has 1 aliphatic rings. The number of aromatic nitrogens is 4. The van der Waals surface area contributed by atoms with Crippen LogP contribution in [0.25, 0.3) is 22.9 Å². The van der Waals surface area contributed by atoms with E-state index in [1.807, 2.05) is 0 Å². The fourth-order valence-corrected chi connectivity index (χ4v) is 4.17. The molecule has 0 atom stereocenters. The molecule has 35 heavy (non-hydrogen) atoms. The first-order valence-electron chi connectivity index (χ1n) is 10.8. The highest BCUT2D eigenvalue weighted by Crippen LogP contribution is 2.31. The molecule has 174 valence electrons. The molecule has 1 amide bonds. The highest BCUT2D eigenvalue weighted by Gasteiger charge is 2.35. The van der Waals surface area contributed by atoms with Gasteiger partial charge in [-0.2, -0.15) is 0 Å². The zero-order valence-electron chi connectivity index (χ0n) is 18.6. The number of benzene rings is 2. The van der Waals surface area contributed by atoms with E-state index >= 15 is 0 Å². The molecule has 2 aromatic heterocycles. The molecule has 4 aromatic rings. The molecule has 0 radical (unpaired) electrons. The van der Waals surface area contributed by atoms with Crippen LogP contribution >= 0.6 is 0 Å². The lowest BCUT2D eigenvalue weighted by Gasteiger charge is -2.28. The molecule has 0 aliphatic carbocycles. The number of amides is 1. The van der Waals surface area contributed by atoms with Gasteiger partial charge in [0, 0.05) is 29.4 Å². The molecule has 1 aliphatic heterocycles. The fourth-order valence-electron chi connectivity index (χ4n) is 4.17. The molecule has 10 heteroatoms. The summed E-state index contributed by atoms with van der Waals surface area (Å²) >= 11 is 0. The first kappa shape index (κ1) is 21.8. The predicted molar refractivity (Wildman–Crippen MR) is 130 cm³/mol. The van der Waals surface area contributed by atoms with Gasteiger partial charge in [0.2, 0.25) is 11.7 Å². The molecule has 0 unspecified atom stereocenters. The summed E-state index contributed by atoms with van der Waals surface area (Å²) in [7, 11) is 0. The molecule has 2 aromatic carbocycles. The molecule has 0 bridgehead atoms. The van der Waals surface area contributed by atoms with Gasteiger partial charge in [-0.25, -0.2) is 9.97 Å². The number of hydrogen-bond donors (Lipinski definition) is 4. The molecular weight excluding hydrogens is 448 g/mol. The lowest BCUT2D eigenvalue weighted by Crippen LogP contribution is -2.45. The number of rotatable bonds is 3. The van der Waals surface area contributed by atoms with Crippen molar-refractivity contribution in [2.45, 2.75) is 6.92 Å². The number of nitrogens with two attached hydrogens (primary N) is 1. The molecule has 0 spiro atoms. The number of anilines is 2. The summed E-state index contributed by atoms with van der Waals surface area (Å²) in [6.45, 7) is 2.14. The van der Waals surface area contributed by atoms with Crippen LogP contribution in [0.4, 0.5) is 11.6 Å². The first-order valence-corrected chi connectivity index (χ1v) is 10.8.